The summed E-state index contributed by atoms with van der Waals surface area (Å²) in [7, 11) is 0. The van der Waals surface area contributed by atoms with Crippen molar-refractivity contribution in [2.75, 3.05) is 0 Å². The normalized spacial score (nSPS) is 14.2. The molecule has 0 spiro atoms. The molecular formula is C10H8FN2. The lowest BCUT2D eigenvalue weighted by atomic mass is 10.1. The Morgan fingerprint density at radius 2 is 2.08 bits per heavy atom. The van der Waals surface area contributed by atoms with Gasteiger partial charge >= 0.3 is 0 Å². The Balaban J connectivity index is 2.37. The van der Waals surface area contributed by atoms with Crippen LogP contribution in [0.5, 0.6) is 0 Å². The average molecular weight is 175 g/mol. The summed E-state index contributed by atoms with van der Waals surface area (Å²) in [5.41, 5.74) is 1.35. The van der Waals surface area contributed by atoms with Crippen molar-refractivity contribution in [2.24, 2.45) is 4.99 Å². The first-order chi connectivity index (χ1) is 6.27. The summed E-state index contributed by atoms with van der Waals surface area (Å²) in [6, 6.07) is 4.99. The zero-order valence-electron chi connectivity index (χ0n) is 7.16. The molecule has 0 aliphatic carbocycles. The highest BCUT2D eigenvalue weighted by atomic mass is 19.1. The molecule has 0 unspecified atom stereocenters. The van der Waals surface area contributed by atoms with Crippen LogP contribution in [-0.2, 0) is 0 Å². The molecule has 0 N–H and O–H groups in total. The van der Waals surface area contributed by atoms with Gasteiger partial charge in [-0.2, -0.15) is 0 Å². The van der Waals surface area contributed by atoms with Crippen molar-refractivity contribution in [1.29, 1.82) is 0 Å². The molecule has 0 saturated carbocycles. The fraction of sp³-hybridized carbons (Fsp3) is 0.100. The molecule has 1 aliphatic heterocycles. The number of nitrogens with zero attached hydrogens (tertiary/aromatic N) is 2. The third-order valence-electron chi connectivity index (χ3n) is 1.89. The van der Waals surface area contributed by atoms with Gasteiger partial charge in [0.05, 0.1) is 0 Å². The molecule has 0 bridgehead atoms. The molecule has 0 fully saturated rings. The predicted octanol–water partition coefficient (Wildman–Crippen LogP) is 1.97. The molecule has 1 aliphatic rings. The van der Waals surface area contributed by atoms with Gasteiger partial charge in [-0.05, 0) is 18.6 Å². The van der Waals surface area contributed by atoms with Crippen LogP contribution >= 0.6 is 0 Å². The first-order valence-corrected chi connectivity index (χ1v) is 3.97. The van der Waals surface area contributed by atoms with Crippen LogP contribution in [-0.4, -0.2) is 5.84 Å². The number of rotatable bonds is 1. The van der Waals surface area contributed by atoms with Gasteiger partial charge in [-0.25, -0.2) is 14.7 Å². The zero-order chi connectivity index (χ0) is 9.26. The minimum Gasteiger partial charge on any atom is -0.235 e. The molecule has 3 heteroatoms. The number of aryl methyl sites for hydroxylation is 1. The Bertz CT molecular complexity index is 394. The molecule has 0 amide bonds. The maximum Gasteiger partial charge on any atom is 0.159 e. The molecule has 13 heavy (non-hydrogen) atoms. The molecule has 2 rings (SSSR count). The Morgan fingerprint density at radius 3 is 2.69 bits per heavy atom. The molecule has 0 atom stereocenters. The lowest BCUT2D eigenvalue weighted by Crippen LogP contribution is -2.08. The van der Waals surface area contributed by atoms with Gasteiger partial charge < -0.3 is 0 Å². The van der Waals surface area contributed by atoms with Crippen molar-refractivity contribution in [2.45, 2.75) is 6.92 Å². The number of halogens is 1. The van der Waals surface area contributed by atoms with Crippen LogP contribution in [0.3, 0.4) is 0 Å². The third kappa shape index (κ3) is 1.45. The monoisotopic (exact) mass is 175 g/mol. The summed E-state index contributed by atoms with van der Waals surface area (Å²) < 4.78 is 13.1. The minimum atomic E-state index is -0.220. The lowest BCUT2D eigenvalue weighted by Gasteiger charge is -2.01. The highest BCUT2D eigenvalue weighted by Gasteiger charge is 2.07. The van der Waals surface area contributed by atoms with Crippen LogP contribution in [0.1, 0.15) is 11.1 Å². The summed E-state index contributed by atoms with van der Waals surface area (Å²) in [5, 5.41) is 3.98. The van der Waals surface area contributed by atoms with Gasteiger partial charge in [0, 0.05) is 18.0 Å². The van der Waals surface area contributed by atoms with E-state index < -0.39 is 0 Å². The van der Waals surface area contributed by atoms with Crippen LogP contribution in [0.4, 0.5) is 4.39 Å². The van der Waals surface area contributed by atoms with E-state index in [4.69, 9.17) is 0 Å². The van der Waals surface area contributed by atoms with Crippen LogP contribution in [0, 0.1) is 12.7 Å². The molecule has 1 aromatic rings. The summed E-state index contributed by atoms with van der Waals surface area (Å²) in [4.78, 5) is 3.98. The van der Waals surface area contributed by atoms with Crippen molar-refractivity contribution in [3.63, 3.8) is 0 Å². The third-order valence-corrected chi connectivity index (χ3v) is 1.89. The second-order valence-electron chi connectivity index (χ2n) is 2.84. The molecule has 1 heterocycles. The standard InChI is InChI=1S/C10H8FN2/c1-7-2-3-8(6-9(7)11)10-12-4-5-13-10/h2-6H,1H3. The van der Waals surface area contributed by atoms with Crippen LogP contribution in [0.25, 0.3) is 0 Å². The molecule has 2 nitrogen and oxygen atoms in total. The Morgan fingerprint density at radius 1 is 1.23 bits per heavy atom. The van der Waals surface area contributed by atoms with Crippen LogP contribution in [0.15, 0.2) is 35.6 Å². The fourth-order valence-corrected chi connectivity index (χ4v) is 1.12. The number of amidine groups is 1. The molecule has 65 valence electrons. The number of aliphatic imine (C=N–C) groups is 1. The Labute approximate surface area is 75.8 Å². The Hall–Kier alpha value is -1.64. The van der Waals surface area contributed by atoms with Crippen molar-refractivity contribution in [1.82, 2.24) is 5.32 Å². The van der Waals surface area contributed by atoms with Crippen molar-refractivity contribution < 1.29 is 4.39 Å². The second-order valence-corrected chi connectivity index (χ2v) is 2.84. The largest absolute Gasteiger partial charge is 0.235 e. The van der Waals surface area contributed by atoms with E-state index in [1.807, 2.05) is 6.07 Å². The molecule has 1 aromatic carbocycles. The SMILES string of the molecule is Cc1ccc(C2=NC=C[N]2)cc1F. The van der Waals surface area contributed by atoms with E-state index in [2.05, 4.69) is 10.3 Å². The zero-order valence-corrected chi connectivity index (χ0v) is 7.16. The Kier molecular flexibility index (Phi) is 1.85. The van der Waals surface area contributed by atoms with E-state index in [-0.39, 0.29) is 5.82 Å². The van der Waals surface area contributed by atoms with Gasteiger partial charge in [0.15, 0.2) is 5.84 Å². The summed E-state index contributed by atoms with van der Waals surface area (Å²) in [5.74, 6) is 0.348. The van der Waals surface area contributed by atoms with E-state index in [1.165, 1.54) is 6.07 Å². The summed E-state index contributed by atoms with van der Waals surface area (Å²) in [6.07, 6.45) is 3.18. The maximum absolute atomic E-state index is 13.1. The van der Waals surface area contributed by atoms with Crippen molar-refractivity contribution in [3.8, 4) is 0 Å². The molecular weight excluding hydrogens is 167 g/mol. The van der Waals surface area contributed by atoms with Crippen molar-refractivity contribution >= 4 is 5.84 Å². The molecule has 0 aromatic heterocycles. The topological polar surface area (TPSA) is 26.5 Å². The van der Waals surface area contributed by atoms with Gasteiger partial charge in [0.25, 0.3) is 0 Å². The first-order valence-electron chi connectivity index (χ1n) is 3.97. The molecule has 1 radical (unpaired) electrons. The maximum atomic E-state index is 13.1. The van der Waals surface area contributed by atoms with E-state index in [0.717, 1.165) is 0 Å². The van der Waals surface area contributed by atoms with Crippen LogP contribution < -0.4 is 5.32 Å². The molecule has 0 saturated heterocycles. The average Bonchev–Trinajstić information content (AvgIpc) is 2.62. The van der Waals surface area contributed by atoms with Crippen LogP contribution in [0.2, 0.25) is 0 Å². The quantitative estimate of drug-likeness (QED) is 0.624. The van der Waals surface area contributed by atoms with Gasteiger partial charge in [-0.3, -0.25) is 0 Å². The smallest absolute Gasteiger partial charge is 0.159 e. The second kappa shape index (κ2) is 3.01. The van der Waals surface area contributed by atoms with Gasteiger partial charge in [0.1, 0.15) is 5.82 Å². The number of hydrogen-bond acceptors (Lipinski definition) is 1. The summed E-state index contributed by atoms with van der Waals surface area (Å²) >= 11 is 0. The lowest BCUT2D eigenvalue weighted by molar-refractivity contribution is 0.618. The fourth-order valence-electron chi connectivity index (χ4n) is 1.12. The predicted molar refractivity (Wildman–Crippen MR) is 48.9 cm³/mol. The van der Waals surface area contributed by atoms with E-state index in [9.17, 15) is 4.39 Å². The van der Waals surface area contributed by atoms with Gasteiger partial charge in [-0.1, -0.05) is 12.1 Å². The van der Waals surface area contributed by atoms with Gasteiger partial charge in [0.2, 0.25) is 0 Å². The number of hydrogen-bond donors (Lipinski definition) is 0. The highest BCUT2D eigenvalue weighted by molar-refractivity contribution is 6.00. The van der Waals surface area contributed by atoms with E-state index >= 15 is 0 Å². The van der Waals surface area contributed by atoms with E-state index in [0.29, 0.717) is 17.0 Å². The van der Waals surface area contributed by atoms with E-state index in [1.54, 1.807) is 25.4 Å². The highest BCUT2D eigenvalue weighted by Crippen LogP contribution is 2.11. The minimum absolute atomic E-state index is 0.220. The first kappa shape index (κ1) is 7.98. The van der Waals surface area contributed by atoms with Crippen molar-refractivity contribution in [3.05, 3.63) is 47.5 Å². The summed E-state index contributed by atoms with van der Waals surface area (Å²) in [6.45, 7) is 1.73. The van der Waals surface area contributed by atoms with Gasteiger partial charge in [-0.15, -0.1) is 0 Å². The number of benzene rings is 1.